The van der Waals surface area contributed by atoms with Gasteiger partial charge in [0.15, 0.2) is 9.84 Å². The molecule has 0 radical (unpaired) electrons. The van der Waals surface area contributed by atoms with Crippen LogP contribution >= 0.6 is 22.9 Å². The standard InChI is InChI=1S/C20H20ClN3O6S2/c21-14-6-5-11(9-15(14)24(27)28)18(25)23-20-17(13-3-1-2-4-16(13)31-20)19(26)22-12-7-8-32(29,30)10-12/h5-6,9,12H,1-4,7-8,10H2,(H,22,26)(H,23,25)/t12-/m0/s1. The number of carbonyl (C=O) groups excluding carboxylic acids is 2. The Kier molecular flexibility index (Phi) is 6.24. The van der Waals surface area contributed by atoms with Crippen LogP contribution in [-0.4, -0.2) is 42.7 Å². The first-order valence-corrected chi connectivity index (χ1v) is 13.1. The molecule has 1 fully saturated rings. The van der Waals surface area contributed by atoms with Crippen molar-refractivity contribution in [2.75, 3.05) is 16.8 Å². The minimum Gasteiger partial charge on any atom is -0.348 e. The Morgan fingerprint density at radius 3 is 2.62 bits per heavy atom. The minimum atomic E-state index is -3.15. The second-order valence-electron chi connectivity index (χ2n) is 7.87. The average Bonchev–Trinajstić information content (AvgIpc) is 3.26. The fraction of sp³-hybridized carbons (Fsp3) is 0.400. The average molecular weight is 498 g/mol. The molecular weight excluding hydrogens is 478 g/mol. The molecule has 2 aliphatic rings. The zero-order valence-electron chi connectivity index (χ0n) is 16.9. The summed E-state index contributed by atoms with van der Waals surface area (Å²) in [6.07, 6.45) is 3.74. The summed E-state index contributed by atoms with van der Waals surface area (Å²) in [5.74, 6) is -1.07. The number of halogens is 1. The number of nitro groups is 1. The van der Waals surface area contributed by atoms with Crippen LogP contribution in [0.3, 0.4) is 0 Å². The van der Waals surface area contributed by atoms with Crippen molar-refractivity contribution in [3.63, 3.8) is 0 Å². The van der Waals surface area contributed by atoms with Gasteiger partial charge >= 0.3 is 0 Å². The zero-order valence-corrected chi connectivity index (χ0v) is 19.2. The number of anilines is 1. The number of hydrogen-bond donors (Lipinski definition) is 2. The minimum absolute atomic E-state index is 0.0403. The molecule has 0 spiro atoms. The molecule has 1 aliphatic heterocycles. The molecule has 2 heterocycles. The van der Waals surface area contributed by atoms with E-state index in [1.54, 1.807) is 0 Å². The van der Waals surface area contributed by atoms with Gasteiger partial charge in [0.2, 0.25) is 0 Å². The molecule has 1 aliphatic carbocycles. The molecule has 1 aromatic carbocycles. The van der Waals surface area contributed by atoms with Gasteiger partial charge in [-0.2, -0.15) is 0 Å². The summed E-state index contributed by atoms with van der Waals surface area (Å²) in [4.78, 5) is 37.4. The van der Waals surface area contributed by atoms with Crippen molar-refractivity contribution in [2.24, 2.45) is 0 Å². The summed E-state index contributed by atoms with van der Waals surface area (Å²) < 4.78 is 23.5. The van der Waals surface area contributed by atoms with E-state index in [0.29, 0.717) is 23.4 Å². The van der Waals surface area contributed by atoms with Gasteiger partial charge in [-0.3, -0.25) is 19.7 Å². The second-order valence-corrected chi connectivity index (χ2v) is 11.6. The Bertz CT molecular complexity index is 1220. The summed E-state index contributed by atoms with van der Waals surface area (Å²) in [5.41, 5.74) is 0.883. The predicted octanol–water partition coefficient (Wildman–Crippen LogP) is 3.36. The topological polar surface area (TPSA) is 135 Å². The third kappa shape index (κ3) is 4.64. The van der Waals surface area contributed by atoms with Gasteiger partial charge < -0.3 is 10.6 Å². The number of nitrogens with zero attached hydrogens (tertiary/aromatic N) is 1. The molecule has 2 N–H and O–H groups in total. The van der Waals surface area contributed by atoms with Gasteiger partial charge in [-0.15, -0.1) is 11.3 Å². The molecule has 2 aromatic rings. The van der Waals surface area contributed by atoms with Gasteiger partial charge in [0.1, 0.15) is 10.0 Å². The highest BCUT2D eigenvalue weighted by atomic mass is 35.5. The van der Waals surface area contributed by atoms with Crippen LogP contribution in [0.15, 0.2) is 18.2 Å². The van der Waals surface area contributed by atoms with Crippen LogP contribution < -0.4 is 10.6 Å². The van der Waals surface area contributed by atoms with Crippen molar-refractivity contribution < 1.29 is 22.9 Å². The number of fused-ring (bicyclic) bond motifs is 1. The van der Waals surface area contributed by atoms with Gasteiger partial charge in [-0.05, 0) is 49.8 Å². The third-order valence-corrected chi connectivity index (χ3v) is 8.89. The lowest BCUT2D eigenvalue weighted by molar-refractivity contribution is -0.384. The molecule has 0 bridgehead atoms. The third-order valence-electron chi connectivity index (χ3n) is 5.60. The number of sulfone groups is 1. The molecule has 12 heteroatoms. The van der Waals surface area contributed by atoms with E-state index < -0.39 is 32.6 Å². The Labute approximate surface area is 193 Å². The van der Waals surface area contributed by atoms with E-state index >= 15 is 0 Å². The quantitative estimate of drug-likeness (QED) is 0.480. The van der Waals surface area contributed by atoms with Crippen LogP contribution in [-0.2, 0) is 22.7 Å². The molecule has 1 atom stereocenters. The number of aryl methyl sites for hydroxylation is 1. The molecular formula is C20H20ClN3O6S2. The molecule has 4 rings (SSSR count). The lowest BCUT2D eigenvalue weighted by Crippen LogP contribution is -2.36. The summed E-state index contributed by atoms with van der Waals surface area (Å²) in [6, 6.07) is 3.28. The SMILES string of the molecule is O=C(Nc1sc2c(c1C(=O)N[C@H]1CCS(=O)(=O)C1)CCCC2)c1ccc(Cl)c([N+](=O)[O-])c1. The fourth-order valence-electron chi connectivity index (χ4n) is 4.03. The van der Waals surface area contributed by atoms with E-state index in [4.69, 9.17) is 11.6 Å². The molecule has 1 saturated heterocycles. The van der Waals surface area contributed by atoms with Crippen LogP contribution in [0.2, 0.25) is 5.02 Å². The van der Waals surface area contributed by atoms with Crippen molar-refractivity contribution in [1.82, 2.24) is 5.32 Å². The van der Waals surface area contributed by atoms with E-state index in [-0.39, 0.29) is 27.8 Å². The number of carbonyl (C=O) groups is 2. The Balaban J connectivity index is 1.62. The maximum absolute atomic E-state index is 13.1. The summed E-state index contributed by atoms with van der Waals surface area (Å²) in [5, 5.41) is 16.9. The molecule has 1 aromatic heterocycles. The molecule has 170 valence electrons. The highest BCUT2D eigenvalue weighted by molar-refractivity contribution is 7.91. The van der Waals surface area contributed by atoms with Crippen molar-refractivity contribution in [3.8, 4) is 0 Å². The second kappa shape index (κ2) is 8.80. The molecule has 9 nitrogen and oxygen atoms in total. The van der Waals surface area contributed by atoms with E-state index in [2.05, 4.69) is 10.6 Å². The monoisotopic (exact) mass is 497 g/mol. The first-order valence-electron chi connectivity index (χ1n) is 10.1. The Hall–Kier alpha value is -2.50. The van der Waals surface area contributed by atoms with Crippen LogP contribution in [0, 0.1) is 10.1 Å². The van der Waals surface area contributed by atoms with Crippen LogP contribution in [0.1, 0.15) is 50.4 Å². The van der Waals surface area contributed by atoms with E-state index in [9.17, 15) is 28.1 Å². The number of hydrogen-bond acceptors (Lipinski definition) is 7. The maximum atomic E-state index is 13.1. The van der Waals surface area contributed by atoms with Crippen LogP contribution in [0.4, 0.5) is 10.7 Å². The normalized spacial score (nSPS) is 19.2. The van der Waals surface area contributed by atoms with Crippen molar-refractivity contribution in [2.45, 2.75) is 38.1 Å². The van der Waals surface area contributed by atoms with Gasteiger partial charge in [0.05, 0.1) is 22.0 Å². The smallest absolute Gasteiger partial charge is 0.288 e. The first kappa shape index (κ1) is 22.7. The number of amides is 2. The number of nitrogens with one attached hydrogen (secondary N) is 2. The van der Waals surface area contributed by atoms with E-state index in [1.807, 2.05) is 0 Å². The lowest BCUT2D eigenvalue weighted by Gasteiger charge is -2.15. The number of rotatable bonds is 5. The zero-order chi connectivity index (χ0) is 23.0. The van der Waals surface area contributed by atoms with Crippen LogP contribution in [0.5, 0.6) is 0 Å². The van der Waals surface area contributed by atoms with Crippen molar-refractivity contribution >= 4 is 55.3 Å². The first-order chi connectivity index (χ1) is 15.1. The molecule has 0 unspecified atom stereocenters. The van der Waals surface area contributed by atoms with Gasteiger partial charge in [0, 0.05) is 22.5 Å². The maximum Gasteiger partial charge on any atom is 0.288 e. The summed E-state index contributed by atoms with van der Waals surface area (Å²) in [7, 11) is -3.15. The number of thiophene rings is 1. The number of benzene rings is 1. The lowest BCUT2D eigenvalue weighted by atomic mass is 9.95. The Morgan fingerprint density at radius 1 is 1.19 bits per heavy atom. The van der Waals surface area contributed by atoms with Crippen molar-refractivity contribution in [1.29, 1.82) is 0 Å². The van der Waals surface area contributed by atoms with E-state index in [0.717, 1.165) is 35.8 Å². The van der Waals surface area contributed by atoms with Gasteiger partial charge in [0.25, 0.3) is 17.5 Å². The molecule has 2 amide bonds. The fourth-order valence-corrected chi connectivity index (χ4v) is 7.17. The number of nitro benzene ring substituents is 1. The highest BCUT2D eigenvalue weighted by Crippen LogP contribution is 2.38. The molecule has 32 heavy (non-hydrogen) atoms. The van der Waals surface area contributed by atoms with E-state index in [1.165, 1.54) is 23.5 Å². The summed E-state index contributed by atoms with van der Waals surface area (Å²) in [6.45, 7) is 0. The predicted molar refractivity (Wildman–Crippen MR) is 122 cm³/mol. The molecule has 0 saturated carbocycles. The highest BCUT2D eigenvalue weighted by Gasteiger charge is 2.32. The Morgan fingerprint density at radius 2 is 1.94 bits per heavy atom. The van der Waals surface area contributed by atoms with Crippen LogP contribution in [0.25, 0.3) is 0 Å². The van der Waals surface area contributed by atoms with Crippen molar-refractivity contribution in [3.05, 3.63) is 54.9 Å². The largest absolute Gasteiger partial charge is 0.348 e. The van der Waals surface area contributed by atoms with Gasteiger partial charge in [-0.1, -0.05) is 11.6 Å². The van der Waals surface area contributed by atoms with Gasteiger partial charge in [-0.25, -0.2) is 8.42 Å². The summed E-state index contributed by atoms with van der Waals surface area (Å²) >= 11 is 7.14.